The summed E-state index contributed by atoms with van der Waals surface area (Å²) in [6.45, 7) is 10.3. The number of carbonyl (C=O) groups excluding carboxylic acids is 2. The molecule has 2 aromatic carbocycles. The summed E-state index contributed by atoms with van der Waals surface area (Å²) in [5.74, 6) is -0.952. The summed E-state index contributed by atoms with van der Waals surface area (Å²) in [6, 6.07) is 9.22. The predicted molar refractivity (Wildman–Crippen MR) is 142 cm³/mol. The number of anilines is 1. The van der Waals surface area contributed by atoms with Crippen molar-refractivity contribution in [3.8, 4) is 0 Å². The van der Waals surface area contributed by atoms with Gasteiger partial charge in [0.25, 0.3) is 0 Å². The van der Waals surface area contributed by atoms with Crippen molar-refractivity contribution >= 4 is 50.7 Å². The van der Waals surface area contributed by atoms with E-state index in [1.807, 2.05) is 34.6 Å². The van der Waals surface area contributed by atoms with Gasteiger partial charge in [0.1, 0.15) is 12.6 Å². The molecule has 0 aliphatic carbocycles. The Morgan fingerprint density at radius 3 is 2.09 bits per heavy atom. The van der Waals surface area contributed by atoms with E-state index in [1.54, 1.807) is 43.3 Å². The Labute approximate surface area is 218 Å². The van der Waals surface area contributed by atoms with Crippen LogP contribution in [0.1, 0.15) is 44.4 Å². The second kappa shape index (κ2) is 11.2. The topological polar surface area (TPSA) is 86.8 Å². The number of sulfonamides is 1. The number of nitrogens with one attached hydrogen (secondary N) is 1. The zero-order valence-electron chi connectivity index (χ0n) is 21.1. The van der Waals surface area contributed by atoms with Gasteiger partial charge in [-0.05, 0) is 76.9 Å². The van der Waals surface area contributed by atoms with Crippen LogP contribution in [0.25, 0.3) is 0 Å². The van der Waals surface area contributed by atoms with E-state index in [1.165, 1.54) is 4.90 Å². The summed E-state index contributed by atoms with van der Waals surface area (Å²) in [5.41, 5.74) is 2.20. The van der Waals surface area contributed by atoms with Crippen molar-refractivity contribution in [3.05, 3.63) is 63.1 Å². The molecule has 7 nitrogen and oxygen atoms in total. The molecule has 1 atom stereocenters. The summed E-state index contributed by atoms with van der Waals surface area (Å²) in [6.07, 6.45) is 1.04. The first-order chi connectivity index (χ1) is 16.0. The molecular formula is C25H33Cl2N3O4S. The van der Waals surface area contributed by atoms with Crippen LogP contribution in [0.5, 0.6) is 0 Å². The number of carbonyl (C=O) groups is 2. The fourth-order valence-corrected chi connectivity index (χ4v) is 4.76. The highest BCUT2D eigenvalue weighted by Crippen LogP contribution is 2.27. The van der Waals surface area contributed by atoms with E-state index in [4.69, 9.17) is 23.2 Å². The summed E-state index contributed by atoms with van der Waals surface area (Å²) < 4.78 is 26.4. The Hall–Kier alpha value is -2.29. The van der Waals surface area contributed by atoms with Crippen molar-refractivity contribution in [1.29, 1.82) is 0 Å². The van der Waals surface area contributed by atoms with Gasteiger partial charge in [-0.15, -0.1) is 0 Å². The molecule has 0 bridgehead atoms. The molecule has 2 rings (SSSR count). The average molecular weight is 543 g/mol. The summed E-state index contributed by atoms with van der Waals surface area (Å²) in [4.78, 5) is 27.9. The van der Waals surface area contributed by atoms with Gasteiger partial charge in [0, 0.05) is 27.7 Å². The Morgan fingerprint density at radius 1 is 1.03 bits per heavy atom. The number of rotatable bonds is 8. The van der Waals surface area contributed by atoms with Crippen LogP contribution >= 0.6 is 23.2 Å². The zero-order chi connectivity index (χ0) is 26.7. The Balaban J connectivity index is 2.49. The van der Waals surface area contributed by atoms with Gasteiger partial charge in [-0.3, -0.25) is 13.9 Å². The molecule has 1 unspecified atom stereocenters. The Kier molecular flexibility index (Phi) is 9.25. The van der Waals surface area contributed by atoms with E-state index in [0.29, 0.717) is 21.3 Å². The van der Waals surface area contributed by atoms with Crippen LogP contribution in [-0.4, -0.2) is 49.5 Å². The molecule has 35 heavy (non-hydrogen) atoms. The Morgan fingerprint density at radius 2 is 1.60 bits per heavy atom. The van der Waals surface area contributed by atoms with E-state index >= 15 is 0 Å². The van der Waals surface area contributed by atoms with Crippen molar-refractivity contribution in [3.63, 3.8) is 0 Å². The minimum atomic E-state index is -3.81. The monoisotopic (exact) mass is 541 g/mol. The van der Waals surface area contributed by atoms with Crippen molar-refractivity contribution < 1.29 is 18.0 Å². The van der Waals surface area contributed by atoms with Crippen LogP contribution in [0.15, 0.2) is 36.4 Å². The number of aryl methyl sites for hydroxylation is 2. The third kappa shape index (κ3) is 7.85. The Bertz CT molecular complexity index is 1190. The molecule has 0 heterocycles. The van der Waals surface area contributed by atoms with Gasteiger partial charge in [0.15, 0.2) is 0 Å². The molecule has 1 N–H and O–H groups in total. The van der Waals surface area contributed by atoms with Crippen LogP contribution in [0, 0.1) is 13.8 Å². The van der Waals surface area contributed by atoms with Gasteiger partial charge < -0.3 is 10.2 Å². The van der Waals surface area contributed by atoms with Gasteiger partial charge in [-0.25, -0.2) is 8.42 Å². The van der Waals surface area contributed by atoms with E-state index in [9.17, 15) is 18.0 Å². The number of amides is 2. The molecule has 0 saturated heterocycles. The lowest BCUT2D eigenvalue weighted by Gasteiger charge is -2.33. The third-order valence-electron chi connectivity index (χ3n) is 5.51. The summed E-state index contributed by atoms with van der Waals surface area (Å²) in [7, 11) is -3.81. The molecule has 0 saturated carbocycles. The maximum atomic E-state index is 13.6. The fourth-order valence-electron chi connectivity index (χ4n) is 3.40. The second-order valence-corrected chi connectivity index (χ2v) is 12.4. The van der Waals surface area contributed by atoms with Crippen LogP contribution in [0.4, 0.5) is 5.69 Å². The standard InChI is InChI=1S/C25H33Cl2N3O4S/c1-16-11-12-19(13-17(16)2)30(35(7,33)34)15-23(31)29(18(3)24(32)28-25(4,5)6)14-20-21(26)9-8-10-22(20)27/h8-13,18H,14-15H2,1-7H3,(H,28,32). The fraction of sp³-hybridized carbons (Fsp3) is 0.440. The van der Waals surface area contributed by atoms with Crippen molar-refractivity contribution in [2.75, 3.05) is 17.1 Å². The van der Waals surface area contributed by atoms with Crippen LogP contribution in [-0.2, 0) is 26.2 Å². The number of halogens is 2. The number of nitrogens with zero attached hydrogens (tertiary/aromatic N) is 2. The highest BCUT2D eigenvalue weighted by atomic mass is 35.5. The smallest absolute Gasteiger partial charge is 0.244 e. The molecule has 0 radical (unpaired) electrons. The largest absolute Gasteiger partial charge is 0.350 e. The summed E-state index contributed by atoms with van der Waals surface area (Å²) in [5, 5.41) is 3.55. The lowest BCUT2D eigenvalue weighted by molar-refractivity contribution is -0.140. The number of hydrogen-bond donors (Lipinski definition) is 1. The SMILES string of the molecule is Cc1ccc(N(CC(=O)N(Cc2c(Cl)cccc2Cl)C(C)C(=O)NC(C)(C)C)S(C)(=O)=O)cc1C. The molecular weight excluding hydrogens is 509 g/mol. The van der Waals surface area contributed by atoms with E-state index < -0.39 is 34.1 Å². The molecule has 2 aromatic rings. The normalized spacial score (nSPS) is 12.7. The maximum absolute atomic E-state index is 13.6. The molecule has 0 spiro atoms. The van der Waals surface area contributed by atoms with Gasteiger partial charge >= 0.3 is 0 Å². The van der Waals surface area contributed by atoms with E-state index in [2.05, 4.69) is 5.32 Å². The molecule has 0 aromatic heterocycles. The molecule has 0 fully saturated rings. The van der Waals surface area contributed by atoms with Crippen LogP contribution < -0.4 is 9.62 Å². The first-order valence-electron chi connectivity index (χ1n) is 11.1. The molecule has 10 heteroatoms. The minimum Gasteiger partial charge on any atom is -0.350 e. The van der Waals surface area contributed by atoms with Gasteiger partial charge in [-0.2, -0.15) is 0 Å². The van der Waals surface area contributed by atoms with Crippen LogP contribution in [0.3, 0.4) is 0 Å². The van der Waals surface area contributed by atoms with Crippen molar-refractivity contribution in [2.24, 2.45) is 0 Å². The minimum absolute atomic E-state index is 0.0689. The first kappa shape index (κ1) is 28.9. The predicted octanol–water partition coefficient (Wildman–Crippen LogP) is 4.71. The van der Waals surface area contributed by atoms with Gasteiger partial charge in [0.05, 0.1) is 11.9 Å². The van der Waals surface area contributed by atoms with Crippen molar-refractivity contribution in [1.82, 2.24) is 10.2 Å². The second-order valence-electron chi connectivity index (χ2n) is 9.68. The molecule has 2 amide bonds. The van der Waals surface area contributed by atoms with E-state index in [-0.39, 0.29) is 12.5 Å². The average Bonchev–Trinajstić information content (AvgIpc) is 2.71. The van der Waals surface area contributed by atoms with Crippen LogP contribution in [0.2, 0.25) is 10.0 Å². The lowest BCUT2D eigenvalue weighted by atomic mass is 10.1. The lowest BCUT2D eigenvalue weighted by Crippen LogP contribution is -2.54. The first-order valence-corrected chi connectivity index (χ1v) is 13.7. The van der Waals surface area contributed by atoms with Gasteiger partial charge in [-0.1, -0.05) is 35.3 Å². The van der Waals surface area contributed by atoms with Crippen molar-refractivity contribution in [2.45, 2.75) is 59.7 Å². The quantitative estimate of drug-likeness (QED) is 0.524. The van der Waals surface area contributed by atoms with Gasteiger partial charge in [0.2, 0.25) is 21.8 Å². The number of hydrogen-bond acceptors (Lipinski definition) is 4. The maximum Gasteiger partial charge on any atom is 0.244 e. The highest BCUT2D eigenvalue weighted by molar-refractivity contribution is 7.92. The zero-order valence-corrected chi connectivity index (χ0v) is 23.5. The highest BCUT2D eigenvalue weighted by Gasteiger charge is 2.32. The molecule has 0 aliphatic rings. The third-order valence-corrected chi connectivity index (χ3v) is 7.36. The van der Waals surface area contributed by atoms with E-state index in [0.717, 1.165) is 21.7 Å². The number of benzene rings is 2. The summed E-state index contributed by atoms with van der Waals surface area (Å²) >= 11 is 12.7. The molecule has 192 valence electrons. The molecule has 0 aliphatic heterocycles.